The first-order valence-corrected chi connectivity index (χ1v) is 9.92. The maximum absolute atomic E-state index is 9.32. The lowest BCUT2D eigenvalue weighted by molar-refractivity contribution is -0.00422. The molecule has 3 heterocycles. The van der Waals surface area contributed by atoms with Crippen LogP contribution in [0.1, 0.15) is 19.3 Å². The molecule has 1 aromatic carbocycles. The number of nitrogens with zero attached hydrogens (tertiary/aromatic N) is 4. The van der Waals surface area contributed by atoms with Crippen molar-refractivity contribution in [3.8, 4) is 11.5 Å². The normalized spacial score (nSPS) is 24.3. The van der Waals surface area contributed by atoms with E-state index in [1.165, 1.54) is 0 Å². The Hall–Kier alpha value is -1.96. The van der Waals surface area contributed by atoms with Gasteiger partial charge in [0.1, 0.15) is 0 Å². The number of benzene rings is 1. The highest BCUT2D eigenvalue weighted by Gasteiger charge is 2.35. The second kappa shape index (κ2) is 8.82. The number of aromatic nitrogens is 2. The molecular formula is C20H28N4O3. The Bertz CT molecular complexity index is 702. The van der Waals surface area contributed by atoms with Crippen molar-refractivity contribution in [1.82, 2.24) is 15.0 Å². The van der Waals surface area contributed by atoms with E-state index in [2.05, 4.69) is 19.9 Å². The maximum atomic E-state index is 9.32. The number of aliphatic hydroxyl groups excluding tert-OH is 1. The van der Waals surface area contributed by atoms with Gasteiger partial charge in [-0.15, -0.1) is 0 Å². The molecule has 0 saturated carbocycles. The van der Waals surface area contributed by atoms with Crippen LogP contribution in [0.4, 0.5) is 5.95 Å². The highest BCUT2D eigenvalue weighted by molar-refractivity contribution is 5.54. The van der Waals surface area contributed by atoms with E-state index in [0.717, 1.165) is 64.2 Å². The van der Waals surface area contributed by atoms with Crippen LogP contribution in [0.5, 0.6) is 0 Å². The average Bonchev–Trinajstić information content (AvgIpc) is 3.24. The second-order valence-corrected chi connectivity index (χ2v) is 7.34. The van der Waals surface area contributed by atoms with Gasteiger partial charge < -0.3 is 19.3 Å². The lowest BCUT2D eigenvalue weighted by atomic mass is 9.87. The summed E-state index contributed by atoms with van der Waals surface area (Å²) in [5, 5.41) is 13.5. The van der Waals surface area contributed by atoms with Crippen molar-refractivity contribution in [3.63, 3.8) is 0 Å². The van der Waals surface area contributed by atoms with Crippen LogP contribution in [-0.2, 0) is 4.74 Å². The molecule has 2 aromatic rings. The van der Waals surface area contributed by atoms with Crippen LogP contribution in [0.3, 0.4) is 0 Å². The van der Waals surface area contributed by atoms with Crippen LogP contribution in [0.2, 0.25) is 0 Å². The van der Waals surface area contributed by atoms with Gasteiger partial charge in [-0.25, -0.2) is 0 Å². The molecule has 7 heteroatoms. The summed E-state index contributed by atoms with van der Waals surface area (Å²) in [5.41, 5.74) is 0.941. The zero-order chi connectivity index (χ0) is 18.5. The van der Waals surface area contributed by atoms with E-state index >= 15 is 0 Å². The van der Waals surface area contributed by atoms with Crippen molar-refractivity contribution in [1.29, 1.82) is 0 Å². The van der Waals surface area contributed by atoms with Gasteiger partial charge in [-0.3, -0.25) is 4.90 Å². The average molecular weight is 372 g/mol. The van der Waals surface area contributed by atoms with Gasteiger partial charge in [0.15, 0.2) is 0 Å². The molecule has 27 heavy (non-hydrogen) atoms. The van der Waals surface area contributed by atoms with Crippen molar-refractivity contribution in [2.75, 3.05) is 50.9 Å². The molecule has 2 atom stereocenters. The second-order valence-electron chi connectivity index (χ2n) is 7.34. The molecule has 2 aliphatic heterocycles. The van der Waals surface area contributed by atoms with Gasteiger partial charge >= 0.3 is 0 Å². The molecule has 7 nitrogen and oxygen atoms in total. The molecule has 2 fully saturated rings. The quantitative estimate of drug-likeness (QED) is 0.832. The minimum Gasteiger partial charge on any atom is -0.396 e. The van der Waals surface area contributed by atoms with Gasteiger partial charge in [-0.1, -0.05) is 18.2 Å². The van der Waals surface area contributed by atoms with E-state index in [9.17, 15) is 5.11 Å². The lowest BCUT2D eigenvalue weighted by Gasteiger charge is -2.45. The van der Waals surface area contributed by atoms with Gasteiger partial charge in [0.25, 0.3) is 11.8 Å². The van der Waals surface area contributed by atoms with E-state index in [0.29, 0.717) is 23.8 Å². The van der Waals surface area contributed by atoms with Crippen LogP contribution in [0.25, 0.3) is 11.5 Å². The molecule has 0 bridgehead atoms. The summed E-state index contributed by atoms with van der Waals surface area (Å²) >= 11 is 0. The van der Waals surface area contributed by atoms with E-state index in [4.69, 9.17) is 9.26 Å². The smallest absolute Gasteiger partial charge is 0.266 e. The van der Waals surface area contributed by atoms with Crippen LogP contribution in [0, 0.1) is 5.92 Å². The Morgan fingerprint density at radius 1 is 1.11 bits per heavy atom. The number of aliphatic hydroxyl groups is 1. The highest BCUT2D eigenvalue weighted by Crippen LogP contribution is 2.30. The molecule has 2 saturated heterocycles. The van der Waals surface area contributed by atoms with E-state index in [1.54, 1.807) is 0 Å². The fraction of sp³-hybridized carbons (Fsp3) is 0.600. The number of piperidine rings is 1. The Morgan fingerprint density at radius 2 is 1.93 bits per heavy atom. The van der Waals surface area contributed by atoms with Gasteiger partial charge in [0.2, 0.25) is 0 Å². The minimum atomic E-state index is 0.243. The summed E-state index contributed by atoms with van der Waals surface area (Å²) in [7, 11) is 0. The third-order valence-electron chi connectivity index (χ3n) is 5.66. The molecule has 0 radical (unpaired) electrons. The molecule has 1 aromatic heterocycles. The minimum absolute atomic E-state index is 0.243. The third-order valence-corrected chi connectivity index (χ3v) is 5.66. The van der Waals surface area contributed by atoms with E-state index in [-0.39, 0.29) is 6.61 Å². The Labute approximate surface area is 159 Å². The zero-order valence-corrected chi connectivity index (χ0v) is 15.7. The Balaban J connectivity index is 1.46. The van der Waals surface area contributed by atoms with Crippen LogP contribution >= 0.6 is 0 Å². The largest absolute Gasteiger partial charge is 0.396 e. The standard InChI is InChI=1S/C20H28N4O3/c25-12-4-7-17-15-24(9-8-18(17)23-10-13-26-14-11-23)20-21-19(27-22-20)16-5-2-1-3-6-16/h1-3,5-6,17-18,25H,4,7-15H2/t17-,18+/m1/s1. The molecule has 0 aliphatic carbocycles. The summed E-state index contributed by atoms with van der Waals surface area (Å²) in [6.45, 7) is 5.70. The first-order chi connectivity index (χ1) is 13.3. The first kappa shape index (κ1) is 18.4. The predicted octanol–water partition coefficient (Wildman–Crippen LogP) is 2.04. The van der Waals surface area contributed by atoms with Crippen LogP contribution in [-0.4, -0.2) is 72.2 Å². The molecule has 1 N–H and O–H groups in total. The zero-order valence-electron chi connectivity index (χ0n) is 15.7. The summed E-state index contributed by atoms with van der Waals surface area (Å²) in [5.74, 6) is 1.72. The van der Waals surface area contributed by atoms with Gasteiger partial charge in [-0.2, -0.15) is 4.98 Å². The van der Waals surface area contributed by atoms with Crippen LogP contribution < -0.4 is 4.90 Å². The van der Waals surface area contributed by atoms with Crippen molar-refractivity contribution in [3.05, 3.63) is 30.3 Å². The lowest BCUT2D eigenvalue weighted by Crippen LogP contribution is -2.54. The Morgan fingerprint density at radius 3 is 2.70 bits per heavy atom. The van der Waals surface area contributed by atoms with Gasteiger partial charge in [0.05, 0.1) is 13.2 Å². The fourth-order valence-electron chi connectivity index (χ4n) is 4.27. The summed E-state index contributed by atoms with van der Waals surface area (Å²) < 4.78 is 11.0. The van der Waals surface area contributed by atoms with Gasteiger partial charge in [0, 0.05) is 44.4 Å². The molecule has 0 unspecified atom stereocenters. The number of hydrogen-bond donors (Lipinski definition) is 1. The van der Waals surface area contributed by atoms with Crippen molar-refractivity contribution >= 4 is 5.95 Å². The third kappa shape index (κ3) is 4.31. The molecule has 2 aliphatic rings. The topological polar surface area (TPSA) is 74.9 Å². The highest BCUT2D eigenvalue weighted by atomic mass is 16.5. The maximum Gasteiger partial charge on any atom is 0.266 e. The molecule has 4 rings (SSSR count). The molecule has 0 spiro atoms. The molecular weight excluding hydrogens is 344 g/mol. The van der Waals surface area contributed by atoms with E-state index in [1.807, 2.05) is 30.3 Å². The number of anilines is 1. The first-order valence-electron chi connectivity index (χ1n) is 9.92. The number of morpholine rings is 1. The monoisotopic (exact) mass is 372 g/mol. The SMILES string of the molecule is OCCC[C@@H]1CN(c2noc(-c3ccccc3)n2)CC[C@@H]1N1CCOCC1. The number of hydrogen-bond acceptors (Lipinski definition) is 7. The Kier molecular flexibility index (Phi) is 6.01. The van der Waals surface area contributed by atoms with Crippen molar-refractivity contribution in [2.45, 2.75) is 25.3 Å². The predicted molar refractivity (Wildman–Crippen MR) is 103 cm³/mol. The molecule has 0 amide bonds. The van der Waals surface area contributed by atoms with Crippen LogP contribution in [0.15, 0.2) is 34.9 Å². The van der Waals surface area contributed by atoms with E-state index < -0.39 is 0 Å². The summed E-state index contributed by atoms with van der Waals surface area (Å²) in [6.07, 6.45) is 2.92. The summed E-state index contributed by atoms with van der Waals surface area (Å²) in [4.78, 5) is 9.42. The molecule has 146 valence electrons. The van der Waals surface area contributed by atoms with Gasteiger partial charge in [-0.05, 0) is 42.5 Å². The van der Waals surface area contributed by atoms with Crippen molar-refractivity contribution < 1.29 is 14.4 Å². The summed E-state index contributed by atoms with van der Waals surface area (Å²) in [6, 6.07) is 10.4. The number of rotatable bonds is 6. The number of ether oxygens (including phenoxy) is 1. The fourth-order valence-corrected chi connectivity index (χ4v) is 4.27. The van der Waals surface area contributed by atoms with Crippen molar-refractivity contribution in [2.24, 2.45) is 5.92 Å².